The summed E-state index contributed by atoms with van der Waals surface area (Å²) < 4.78 is 0. The molecular formula is C20H16N2. The molecule has 4 aromatic rings. The average Bonchev–Trinajstić information content (AvgIpc) is 3.04. The van der Waals surface area contributed by atoms with Gasteiger partial charge in [0.1, 0.15) is 5.82 Å². The zero-order valence-corrected chi connectivity index (χ0v) is 12.2. The van der Waals surface area contributed by atoms with E-state index in [1.807, 2.05) is 12.3 Å². The number of rotatable bonds is 3. The first-order chi connectivity index (χ1) is 10.9. The van der Waals surface area contributed by atoms with Crippen LogP contribution in [0.25, 0.3) is 22.0 Å². The van der Waals surface area contributed by atoms with E-state index in [0.717, 1.165) is 23.5 Å². The Hall–Kier alpha value is -2.87. The molecule has 0 bridgehead atoms. The molecule has 0 saturated heterocycles. The number of nitrogens with zero attached hydrogens (tertiary/aromatic N) is 1. The molecule has 0 unspecified atom stereocenters. The molecular weight excluding hydrogens is 268 g/mol. The molecule has 3 aromatic carbocycles. The van der Waals surface area contributed by atoms with Crippen LogP contribution in [0, 0.1) is 0 Å². The molecule has 2 heteroatoms. The van der Waals surface area contributed by atoms with Gasteiger partial charge in [-0.1, -0.05) is 66.7 Å². The van der Waals surface area contributed by atoms with Crippen molar-refractivity contribution in [2.75, 3.05) is 0 Å². The number of benzene rings is 3. The van der Waals surface area contributed by atoms with Crippen molar-refractivity contribution in [3.05, 3.63) is 90.4 Å². The summed E-state index contributed by atoms with van der Waals surface area (Å²) in [6.45, 7) is 0. The molecule has 106 valence electrons. The highest BCUT2D eigenvalue weighted by Gasteiger charge is 2.05. The molecule has 0 atom stereocenters. The highest BCUT2D eigenvalue weighted by atomic mass is 14.9. The summed E-state index contributed by atoms with van der Waals surface area (Å²) in [5.41, 5.74) is 3.41. The number of H-pyrrole nitrogens is 1. The predicted octanol–water partition coefficient (Wildman–Crippen LogP) is 4.82. The van der Waals surface area contributed by atoms with E-state index >= 15 is 0 Å². The fraction of sp³-hybridized carbons (Fsp3) is 0.0500. The van der Waals surface area contributed by atoms with Gasteiger partial charge in [0.25, 0.3) is 0 Å². The summed E-state index contributed by atoms with van der Waals surface area (Å²) >= 11 is 0. The third-order valence-electron chi connectivity index (χ3n) is 3.89. The summed E-state index contributed by atoms with van der Waals surface area (Å²) in [6, 6.07) is 25.3. The molecule has 0 radical (unpaired) electrons. The summed E-state index contributed by atoms with van der Waals surface area (Å²) in [4.78, 5) is 8.02. The number of hydrogen-bond donors (Lipinski definition) is 1. The van der Waals surface area contributed by atoms with E-state index < -0.39 is 0 Å². The van der Waals surface area contributed by atoms with Crippen molar-refractivity contribution < 1.29 is 0 Å². The lowest BCUT2D eigenvalue weighted by Gasteiger charge is -2.01. The van der Waals surface area contributed by atoms with E-state index in [2.05, 4.69) is 71.7 Å². The number of nitrogens with one attached hydrogen (secondary N) is 1. The summed E-state index contributed by atoms with van der Waals surface area (Å²) in [5, 5.41) is 2.50. The monoisotopic (exact) mass is 284 g/mol. The third-order valence-corrected chi connectivity index (χ3v) is 3.89. The second-order valence-electron chi connectivity index (χ2n) is 5.46. The Morgan fingerprint density at radius 1 is 0.773 bits per heavy atom. The van der Waals surface area contributed by atoms with Crippen LogP contribution in [-0.4, -0.2) is 9.97 Å². The molecule has 2 nitrogen and oxygen atoms in total. The molecule has 1 heterocycles. The Morgan fingerprint density at radius 3 is 2.41 bits per heavy atom. The molecule has 4 rings (SSSR count). The van der Waals surface area contributed by atoms with Crippen LogP contribution in [0.15, 0.2) is 79.0 Å². The number of aromatic nitrogens is 2. The lowest BCUT2D eigenvalue weighted by Crippen LogP contribution is -1.90. The molecule has 0 amide bonds. The number of imidazole rings is 1. The second kappa shape index (κ2) is 5.49. The zero-order chi connectivity index (χ0) is 14.8. The van der Waals surface area contributed by atoms with E-state index in [9.17, 15) is 0 Å². The molecule has 1 N–H and O–H groups in total. The van der Waals surface area contributed by atoms with Gasteiger partial charge in [0, 0.05) is 18.2 Å². The number of fused-ring (bicyclic) bond motifs is 1. The maximum atomic E-state index is 4.73. The first-order valence-corrected chi connectivity index (χ1v) is 7.46. The first-order valence-electron chi connectivity index (χ1n) is 7.46. The van der Waals surface area contributed by atoms with Gasteiger partial charge in [-0.05, 0) is 22.4 Å². The van der Waals surface area contributed by atoms with E-state index in [1.54, 1.807) is 0 Å². The molecule has 0 saturated carbocycles. The Morgan fingerprint density at radius 2 is 1.55 bits per heavy atom. The fourth-order valence-electron chi connectivity index (χ4n) is 2.74. The van der Waals surface area contributed by atoms with Crippen LogP contribution < -0.4 is 0 Å². The molecule has 22 heavy (non-hydrogen) atoms. The van der Waals surface area contributed by atoms with Gasteiger partial charge in [0.05, 0.1) is 5.69 Å². The van der Waals surface area contributed by atoms with Gasteiger partial charge in [-0.25, -0.2) is 4.98 Å². The molecule has 0 spiro atoms. The highest BCUT2D eigenvalue weighted by Crippen LogP contribution is 2.23. The van der Waals surface area contributed by atoms with Crippen LogP contribution in [0.2, 0.25) is 0 Å². The maximum Gasteiger partial charge on any atom is 0.111 e. The Labute approximate surface area is 129 Å². The van der Waals surface area contributed by atoms with Crippen LogP contribution in [0.4, 0.5) is 0 Å². The van der Waals surface area contributed by atoms with Gasteiger partial charge < -0.3 is 4.98 Å². The lowest BCUT2D eigenvalue weighted by atomic mass is 10.1. The van der Waals surface area contributed by atoms with Crippen molar-refractivity contribution in [3.8, 4) is 11.3 Å². The van der Waals surface area contributed by atoms with Crippen LogP contribution in [0.3, 0.4) is 0 Å². The van der Waals surface area contributed by atoms with Crippen molar-refractivity contribution >= 4 is 10.8 Å². The Kier molecular flexibility index (Phi) is 3.20. The zero-order valence-electron chi connectivity index (χ0n) is 12.2. The summed E-state index contributed by atoms with van der Waals surface area (Å²) in [6.07, 6.45) is 2.82. The van der Waals surface area contributed by atoms with Crippen molar-refractivity contribution in [1.29, 1.82) is 0 Å². The fourth-order valence-corrected chi connectivity index (χ4v) is 2.74. The molecule has 0 aliphatic heterocycles. The van der Waals surface area contributed by atoms with Gasteiger partial charge in [0.2, 0.25) is 0 Å². The van der Waals surface area contributed by atoms with Gasteiger partial charge in [0.15, 0.2) is 0 Å². The van der Waals surface area contributed by atoms with Gasteiger partial charge >= 0.3 is 0 Å². The minimum Gasteiger partial charge on any atom is -0.348 e. The molecule has 1 aromatic heterocycles. The Bertz CT molecular complexity index is 907. The maximum absolute atomic E-state index is 4.73. The Balaban J connectivity index is 1.65. The average molecular weight is 284 g/mol. The van der Waals surface area contributed by atoms with E-state index in [1.165, 1.54) is 16.3 Å². The normalized spacial score (nSPS) is 10.9. The van der Waals surface area contributed by atoms with Crippen LogP contribution in [-0.2, 0) is 6.42 Å². The van der Waals surface area contributed by atoms with Crippen LogP contribution >= 0.6 is 0 Å². The standard InChI is InChI=1S/C20H16N2/c1-2-6-15(7-3-1)12-20-21-14-19(22-20)18-11-10-16-8-4-5-9-17(16)13-18/h1-11,13-14H,12H2,(H,21,22). The van der Waals surface area contributed by atoms with Crippen LogP contribution in [0.5, 0.6) is 0 Å². The topological polar surface area (TPSA) is 28.7 Å². The quantitative estimate of drug-likeness (QED) is 0.574. The minimum atomic E-state index is 0.828. The van der Waals surface area contributed by atoms with Gasteiger partial charge in [-0.2, -0.15) is 0 Å². The van der Waals surface area contributed by atoms with Gasteiger partial charge in [-0.15, -0.1) is 0 Å². The number of hydrogen-bond acceptors (Lipinski definition) is 1. The first kappa shape index (κ1) is 12.8. The van der Waals surface area contributed by atoms with E-state index in [-0.39, 0.29) is 0 Å². The largest absolute Gasteiger partial charge is 0.348 e. The van der Waals surface area contributed by atoms with Crippen molar-refractivity contribution in [1.82, 2.24) is 9.97 Å². The third kappa shape index (κ3) is 2.51. The van der Waals surface area contributed by atoms with Crippen molar-refractivity contribution in [2.24, 2.45) is 0 Å². The molecule has 0 aliphatic carbocycles. The summed E-state index contributed by atoms with van der Waals surface area (Å²) in [5.74, 6) is 0.995. The van der Waals surface area contributed by atoms with Crippen molar-refractivity contribution in [2.45, 2.75) is 6.42 Å². The minimum absolute atomic E-state index is 0.828. The number of aromatic amines is 1. The second-order valence-corrected chi connectivity index (χ2v) is 5.46. The molecule has 0 aliphatic rings. The molecule has 0 fully saturated rings. The lowest BCUT2D eigenvalue weighted by molar-refractivity contribution is 1.03. The predicted molar refractivity (Wildman–Crippen MR) is 90.8 cm³/mol. The SMILES string of the molecule is c1ccc(Cc2nc(-c3ccc4ccccc4c3)c[nH]2)cc1. The van der Waals surface area contributed by atoms with E-state index in [4.69, 9.17) is 4.98 Å². The van der Waals surface area contributed by atoms with Crippen molar-refractivity contribution in [3.63, 3.8) is 0 Å². The van der Waals surface area contributed by atoms with Crippen LogP contribution in [0.1, 0.15) is 11.4 Å². The highest BCUT2D eigenvalue weighted by molar-refractivity contribution is 5.86. The summed E-state index contributed by atoms with van der Waals surface area (Å²) in [7, 11) is 0. The van der Waals surface area contributed by atoms with Gasteiger partial charge in [-0.3, -0.25) is 0 Å². The smallest absolute Gasteiger partial charge is 0.111 e. The van der Waals surface area contributed by atoms with E-state index in [0.29, 0.717) is 0 Å².